The van der Waals surface area contributed by atoms with Crippen molar-refractivity contribution < 1.29 is 0 Å². The minimum Gasteiger partial charge on any atom is -0.0616 e. The molecule has 5 aromatic carbocycles. The summed E-state index contributed by atoms with van der Waals surface area (Å²) in [6, 6.07) is 32.6. The van der Waals surface area contributed by atoms with E-state index in [1.807, 2.05) is 0 Å². The van der Waals surface area contributed by atoms with Crippen LogP contribution in [0.25, 0.3) is 10.8 Å². The Morgan fingerprint density at radius 3 is 0.842 bits per heavy atom. The first kappa shape index (κ1) is 44.9. The van der Waals surface area contributed by atoms with Gasteiger partial charge in [-0.05, 0) is 135 Å². The summed E-state index contributed by atoms with van der Waals surface area (Å²) in [5.74, 6) is 3.89. The van der Waals surface area contributed by atoms with E-state index < -0.39 is 15.8 Å². The Morgan fingerprint density at radius 1 is 0.281 bits per heavy atom. The van der Waals surface area contributed by atoms with Gasteiger partial charge in [0.15, 0.2) is 0 Å². The van der Waals surface area contributed by atoms with Crippen molar-refractivity contribution in [1.82, 2.24) is 0 Å². The highest BCUT2D eigenvalue weighted by Gasteiger charge is 2.33. The SMILES string of the molecule is CC(C)c1cc(C(C)C)c([Si](c2ccc3ccccc3c2)=[Si](c2c(C(C)C)cc(C(C)C)cc2C(C)C)c2c(C(C)C)cc(C(C)C)cc2C(C)C)c(C(C)C)c1. The molecule has 0 aliphatic rings. The van der Waals surface area contributed by atoms with E-state index in [1.165, 1.54) is 27.5 Å². The minimum absolute atomic E-state index is 0.411. The lowest BCUT2D eigenvalue weighted by molar-refractivity contribution is 0.810. The topological polar surface area (TPSA) is 0 Å². The van der Waals surface area contributed by atoms with Crippen LogP contribution in [-0.4, -0.2) is 15.8 Å². The second-order valence-corrected chi connectivity index (χ2v) is 26.5. The monoisotopic (exact) mass is 793 g/mol. The molecule has 0 radical (unpaired) electrons. The molecule has 0 nitrogen and oxygen atoms in total. The maximum Gasteiger partial charge on any atom is 0.0701 e. The third-order valence-electron chi connectivity index (χ3n) is 12.4. The van der Waals surface area contributed by atoms with E-state index in [0.717, 1.165) is 0 Å². The average Bonchev–Trinajstić information content (AvgIpc) is 3.14. The van der Waals surface area contributed by atoms with Crippen molar-refractivity contribution in [3.63, 3.8) is 0 Å². The van der Waals surface area contributed by atoms with Gasteiger partial charge in [-0.15, -0.1) is 0 Å². The lowest BCUT2D eigenvalue weighted by atomic mass is 9.89. The van der Waals surface area contributed by atoms with Gasteiger partial charge in [-0.25, -0.2) is 0 Å². The van der Waals surface area contributed by atoms with Crippen LogP contribution in [0.2, 0.25) is 0 Å². The molecule has 0 aromatic heterocycles. The number of hydrogen-bond donors (Lipinski definition) is 0. The molecule has 5 aromatic rings. The summed E-state index contributed by atoms with van der Waals surface area (Å²) in [5, 5.41) is 9.40. The molecule has 0 heterocycles. The smallest absolute Gasteiger partial charge is 0.0616 e. The molecule has 0 aliphatic carbocycles. The van der Waals surface area contributed by atoms with Gasteiger partial charge >= 0.3 is 0 Å². The Hall–Kier alpha value is -3.21. The average molecular weight is 793 g/mol. The van der Waals surface area contributed by atoms with E-state index in [-0.39, 0.29) is 0 Å². The van der Waals surface area contributed by atoms with Crippen LogP contribution in [0, 0.1) is 0 Å². The summed E-state index contributed by atoms with van der Waals surface area (Å²) >= 11 is 0. The Kier molecular flexibility index (Phi) is 14.5. The fourth-order valence-corrected chi connectivity index (χ4v) is 21.1. The Labute approximate surface area is 352 Å². The second-order valence-electron chi connectivity index (χ2n) is 19.9. The largest absolute Gasteiger partial charge is 0.0701 e. The van der Waals surface area contributed by atoms with Crippen molar-refractivity contribution >= 4 is 47.3 Å². The maximum atomic E-state index is 2.66. The highest BCUT2D eigenvalue weighted by Crippen LogP contribution is 2.31. The summed E-state index contributed by atoms with van der Waals surface area (Å²) in [6.45, 7) is 43.9. The number of hydrogen-bond acceptors (Lipinski definition) is 0. The molecule has 0 unspecified atom stereocenters. The summed E-state index contributed by atoms with van der Waals surface area (Å²) in [6.07, 6.45) is 0. The van der Waals surface area contributed by atoms with Crippen LogP contribution in [0.1, 0.15) is 228 Å². The Morgan fingerprint density at radius 2 is 0.561 bits per heavy atom. The lowest BCUT2D eigenvalue weighted by Crippen LogP contribution is -2.57. The van der Waals surface area contributed by atoms with Crippen molar-refractivity contribution in [2.75, 3.05) is 0 Å². The maximum absolute atomic E-state index is 2.66. The van der Waals surface area contributed by atoms with Gasteiger partial charge in [0.1, 0.15) is 0 Å². The molecule has 304 valence electrons. The summed E-state index contributed by atoms with van der Waals surface area (Å²) in [7, 11) is -3.04. The fourth-order valence-electron chi connectivity index (χ4n) is 8.87. The van der Waals surface area contributed by atoms with Crippen LogP contribution in [-0.2, 0) is 0 Å². The predicted octanol–water partition coefficient (Wildman–Crippen LogP) is 13.9. The zero-order valence-corrected chi connectivity index (χ0v) is 41.2. The van der Waals surface area contributed by atoms with Gasteiger partial charge in [-0.1, -0.05) is 203 Å². The zero-order valence-electron chi connectivity index (χ0n) is 39.2. The highest BCUT2D eigenvalue weighted by molar-refractivity contribution is 7.19. The molecular formula is C55H76Si2. The number of benzene rings is 5. The zero-order chi connectivity index (χ0) is 42.2. The molecule has 0 saturated heterocycles. The van der Waals surface area contributed by atoms with Crippen molar-refractivity contribution in [2.45, 2.75) is 178 Å². The number of fused-ring (bicyclic) bond motifs is 1. The quantitative estimate of drug-likeness (QED) is 0.104. The molecule has 0 atom stereocenters. The molecule has 0 saturated carbocycles. The Balaban J connectivity index is 2.31. The van der Waals surface area contributed by atoms with E-state index in [2.05, 4.69) is 203 Å². The first-order valence-electron chi connectivity index (χ1n) is 22.5. The van der Waals surface area contributed by atoms with E-state index in [9.17, 15) is 0 Å². The molecule has 2 heteroatoms. The van der Waals surface area contributed by atoms with Gasteiger partial charge in [-0.3, -0.25) is 0 Å². The first-order valence-corrected chi connectivity index (χ1v) is 26.5. The van der Waals surface area contributed by atoms with Crippen LogP contribution in [0.3, 0.4) is 0 Å². The van der Waals surface area contributed by atoms with Crippen LogP contribution in [0.5, 0.6) is 0 Å². The van der Waals surface area contributed by atoms with E-state index in [4.69, 9.17) is 0 Å². The molecule has 0 spiro atoms. The standard InChI is InChI=1S/C55H76Si2/c1-32(2)43-26-47(35(7)8)53(48(27-43)36(9)10)56(46-24-23-41-21-19-20-22-42(41)25-46)57(54-49(37(11)12)28-44(33(3)4)29-50(54)38(13)14)55-51(39(15)16)30-45(34(5)6)31-52(55)40(17)18/h19-40H,1-18H3. The molecule has 0 bridgehead atoms. The fraction of sp³-hybridized carbons (Fsp3) is 0.491. The molecular weight excluding hydrogens is 717 g/mol. The molecule has 0 N–H and O–H groups in total. The van der Waals surface area contributed by atoms with Crippen molar-refractivity contribution in [1.29, 1.82) is 0 Å². The van der Waals surface area contributed by atoms with Crippen LogP contribution in [0.4, 0.5) is 0 Å². The van der Waals surface area contributed by atoms with Gasteiger partial charge in [0.2, 0.25) is 0 Å². The second kappa shape index (κ2) is 18.4. The van der Waals surface area contributed by atoms with Crippen LogP contribution >= 0.6 is 0 Å². The van der Waals surface area contributed by atoms with Gasteiger partial charge in [0.25, 0.3) is 0 Å². The van der Waals surface area contributed by atoms with Gasteiger partial charge in [0.05, 0.1) is 15.8 Å². The van der Waals surface area contributed by atoms with Crippen molar-refractivity contribution in [2.24, 2.45) is 0 Å². The Bertz CT molecular complexity index is 2070. The van der Waals surface area contributed by atoms with Gasteiger partial charge in [0, 0.05) is 0 Å². The van der Waals surface area contributed by atoms with E-state index >= 15 is 0 Å². The molecule has 57 heavy (non-hydrogen) atoms. The first-order chi connectivity index (χ1) is 26.7. The molecule has 0 fully saturated rings. The van der Waals surface area contributed by atoms with Crippen molar-refractivity contribution in [3.8, 4) is 0 Å². The predicted molar refractivity (Wildman–Crippen MR) is 260 cm³/mol. The van der Waals surface area contributed by atoms with Gasteiger partial charge < -0.3 is 0 Å². The molecule has 0 amide bonds. The third kappa shape index (κ3) is 9.34. The third-order valence-corrected chi connectivity index (χ3v) is 21.7. The van der Waals surface area contributed by atoms with Crippen LogP contribution < -0.4 is 20.7 Å². The molecule has 5 rings (SSSR count). The normalized spacial score (nSPS) is 12.4. The van der Waals surface area contributed by atoms with Gasteiger partial charge in [-0.2, -0.15) is 0 Å². The summed E-state index contributed by atoms with van der Waals surface area (Å²) < 4.78 is 0. The summed E-state index contributed by atoms with van der Waals surface area (Å²) in [4.78, 5) is 0. The van der Waals surface area contributed by atoms with Crippen molar-refractivity contribution in [3.05, 3.63) is 129 Å². The highest BCUT2D eigenvalue weighted by atomic mass is 28.9. The van der Waals surface area contributed by atoms with Crippen LogP contribution in [0.15, 0.2) is 78.9 Å². The lowest BCUT2D eigenvalue weighted by Gasteiger charge is -2.33. The minimum atomic E-state index is -1.53. The van der Waals surface area contributed by atoms with E-state index in [1.54, 1.807) is 54.1 Å². The number of rotatable bonds is 13. The van der Waals surface area contributed by atoms with E-state index in [0.29, 0.717) is 53.3 Å². The summed E-state index contributed by atoms with van der Waals surface area (Å²) in [5.41, 5.74) is 14.0. The molecule has 0 aliphatic heterocycles.